The first-order valence-corrected chi connectivity index (χ1v) is 37.5. The number of carbonyl (C=O) groups is 6. The van der Waals surface area contributed by atoms with Crippen LogP contribution in [0.5, 0.6) is 0 Å². The van der Waals surface area contributed by atoms with Gasteiger partial charge in [0, 0.05) is 75.9 Å². The largest absolute Gasteiger partial charge is 0.443 e. The molecule has 3 fully saturated rings. The van der Waals surface area contributed by atoms with Crippen LogP contribution in [-0.4, -0.2) is 156 Å². The molecule has 10 atom stereocenters. The minimum atomic E-state index is -0.716. The Morgan fingerprint density at radius 2 is 1.06 bits per heavy atom. The Labute approximate surface area is 607 Å². The van der Waals surface area contributed by atoms with Gasteiger partial charge in [0.05, 0.1) is 103 Å². The Kier molecular flexibility index (Phi) is 25.5. The zero-order valence-electron chi connectivity index (χ0n) is 59.9. The van der Waals surface area contributed by atoms with Crippen LogP contribution >= 0.6 is 34.2 Å². The average molecular weight is 1450 g/mol. The molecule has 3 saturated heterocycles. The standard InChI is InChI=1S/C26H31N3O5.C26H31N3O4S.C25H30N4O3S2/c1-5-21(24-11-16(3)28-34-24)26(32)29-13-20(30)12-22(29)23(31)10-15(2)18-6-8-19(9-7-18)25-17(4)27-14-33-25;1-15(2)24(21-11-16(3)33-28-21)26(32)29-13-20(30)12-22(29)23(31)10-7-18-5-8-19(9-6-18)25-17(4)27-14-34-25;1-14(2)22(24-27-16(4)28-34-24)25(32)29-12-19(30)11-20(29)21(31)10-7-17-5-8-18(9-6-17)23-15(3)26-13-33-23/h6-9,11,14-15,20-22,30H,5,10,12-13H2,1-4H3;5-6,8-9,11,14-15,20,22,24,30H,7,10,12-13H2,1-4H3;5-6,8-9,13-14,19-20,22,30H,7,10-12H2,1-4H3/t15-,20-,21-,22+;20-,22+,24-;19-,20+,22-/m111/s1. The molecule has 12 rings (SSSR count). The van der Waals surface area contributed by atoms with Gasteiger partial charge in [-0.2, -0.15) is 4.37 Å². The van der Waals surface area contributed by atoms with Gasteiger partial charge in [-0.3, -0.25) is 28.8 Å². The van der Waals surface area contributed by atoms with E-state index in [4.69, 9.17) is 13.5 Å². The van der Waals surface area contributed by atoms with Crippen molar-refractivity contribution in [3.05, 3.63) is 170 Å². The topological polar surface area (TPSA) is 302 Å². The summed E-state index contributed by atoms with van der Waals surface area (Å²) in [6.45, 7) is 23.5. The number of carbonyl (C=O) groups excluding carboxylic acids is 6. The van der Waals surface area contributed by atoms with E-state index < -0.39 is 54.2 Å². The van der Waals surface area contributed by atoms with Gasteiger partial charge in [0.1, 0.15) is 22.4 Å². The van der Waals surface area contributed by atoms with Crippen LogP contribution in [0.1, 0.15) is 178 Å². The number of aromatic nitrogens is 7. The number of aryl methyl sites for hydroxylation is 8. The second kappa shape index (κ2) is 34.1. The highest BCUT2D eigenvalue weighted by Crippen LogP contribution is 2.37. The maximum Gasteiger partial charge on any atom is 0.234 e. The molecule has 0 unspecified atom stereocenters. The number of amides is 3. The lowest BCUT2D eigenvalue weighted by Gasteiger charge is -2.29. The number of likely N-dealkylation sites (tertiary alicyclic amines) is 3. The fourth-order valence-corrected chi connectivity index (χ4v) is 16.4. The van der Waals surface area contributed by atoms with Gasteiger partial charge in [-0.25, -0.2) is 19.9 Å². The summed E-state index contributed by atoms with van der Waals surface area (Å²) in [4.78, 5) is 104. The number of hydrogen-bond donors (Lipinski definition) is 3. The first-order valence-electron chi connectivity index (χ1n) is 35.0. The van der Waals surface area contributed by atoms with E-state index in [0.717, 1.165) is 66.0 Å². The second-order valence-corrected chi connectivity index (χ2v) is 30.3. The Bertz CT molecular complexity index is 4140. The molecule has 3 N–H and O–H groups in total. The summed E-state index contributed by atoms with van der Waals surface area (Å²) in [5.74, 6) is 0.354. The molecule has 9 aromatic rings. The smallest absolute Gasteiger partial charge is 0.234 e. The molecule has 6 aromatic heterocycles. The van der Waals surface area contributed by atoms with Crippen LogP contribution < -0.4 is 0 Å². The molecule has 540 valence electrons. The number of aliphatic hydroxyl groups excluding tert-OH is 3. The summed E-state index contributed by atoms with van der Waals surface area (Å²) >= 11 is 4.46. The van der Waals surface area contributed by atoms with Crippen molar-refractivity contribution in [1.82, 2.24) is 49.3 Å². The third kappa shape index (κ3) is 18.2. The van der Waals surface area contributed by atoms with Gasteiger partial charge in [0.2, 0.25) is 17.7 Å². The first-order chi connectivity index (χ1) is 48.8. The highest BCUT2D eigenvalue weighted by molar-refractivity contribution is 7.13. The van der Waals surface area contributed by atoms with E-state index in [0.29, 0.717) is 65.8 Å². The zero-order valence-corrected chi connectivity index (χ0v) is 62.4. The van der Waals surface area contributed by atoms with Crippen molar-refractivity contribution in [2.45, 2.75) is 201 Å². The van der Waals surface area contributed by atoms with Crippen LogP contribution in [0, 0.1) is 53.4 Å². The molecule has 22 nitrogen and oxygen atoms in total. The van der Waals surface area contributed by atoms with Crippen molar-refractivity contribution >= 4 is 69.3 Å². The van der Waals surface area contributed by atoms with Gasteiger partial charge in [0.25, 0.3) is 0 Å². The van der Waals surface area contributed by atoms with Crippen molar-refractivity contribution in [1.29, 1.82) is 0 Å². The maximum atomic E-state index is 13.5. The van der Waals surface area contributed by atoms with Crippen molar-refractivity contribution in [3.63, 3.8) is 0 Å². The number of rotatable bonds is 24. The van der Waals surface area contributed by atoms with Crippen LogP contribution in [0.2, 0.25) is 0 Å². The molecule has 25 heteroatoms. The third-order valence-electron chi connectivity index (χ3n) is 19.4. The summed E-state index contributed by atoms with van der Waals surface area (Å²) in [6, 6.07) is 26.0. The molecule has 0 radical (unpaired) electrons. The van der Waals surface area contributed by atoms with Gasteiger partial charge >= 0.3 is 0 Å². The van der Waals surface area contributed by atoms with E-state index in [1.54, 1.807) is 65.4 Å². The van der Waals surface area contributed by atoms with Crippen molar-refractivity contribution in [2.75, 3.05) is 19.6 Å². The molecule has 3 aromatic carbocycles. The van der Waals surface area contributed by atoms with E-state index in [9.17, 15) is 44.1 Å². The molecular formula is C77H92N10O12S3. The predicted molar refractivity (Wildman–Crippen MR) is 390 cm³/mol. The molecule has 9 heterocycles. The van der Waals surface area contributed by atoms with E-state index in [2.05, 4.69) is 58.9 Å². The number of hydrogen-bond acceptors (Lipinski definition) is 22. The molecule has 0 saturated carbocycles. The quantitative estimate of drug-likeness (QED) is 0.0506. The summed E-state index contributed by atoms with van der Waals surface area (Å²) in [7, 11) is 0. The molecule has 3 aliphatic rings. The Morgan fingerprint density at radius 3 is 1.47 bits per heavy atom. The van der Waals surface area contributed by atoms with Gasteiger partial charge in [-0.15, -0.1) is 22.7 Å². The molecule has 3 aliphatic heterocycles. The lowest BCUT2D eigenvalue weighted by atomic mass is 9.90. The number of oxazole rings is 1. The zero-order chi connectivity index (χ0) is 73.2. The summed E-state index contributed by atoms with van der Waals surface area (Å²) < 4.78 is 20.2. The number of nitrogens with zero attached hydrogens (tertiary/aromatic N) is 10. The van der Waals surface area contributed by atoms with Crippen LogP contribution in [0.3, 0.4) is 0 Å². The highest BCUT2D eigenvalue weighted by atomic mass is 32.1. The van der Waals surface area contributed by atoms with E-state index in [1.807, 2.05) is 122 Å². The Balaban J connectivity index is 0.000000165. The highest BCUT2D eigenvalue weighted by Gasteiger charge is 2.45. The van der Waals surface area contributed by atoms with E-state index >= 15 is 0 Å². The van der Waals surface area contributed by atoms with E-state index in [-0.39, 0.29) is 98.1 Å². The minimum Gasteiger partial charge on any atom is -0.443 e. The predicted octanol–water partition coefficient (Wildman–Crippen LogP) is 12.7. The normalized spacial score (nSPS) is 19.3. The molecule has 0 spiro atoms. The lowest BCUT2D eigenvalue weighted by Crippen LogP contribution is -2.44. The minimum absolute atomic E-state index is 0.00837. The maximum absolute atomic E-state index is 13.5. The number of benzene rings is 3. The average Bonchev–Trinajstić information content (AvgIpc) is 1.65. The molecule has 3 amide bonds. The van der Waals surface area contributed by atoms with Crippen LogP contribution in [0.25, 0.3) is 32.2 Å². The summed E-state index contributed by atoms with van der Waals surface area (Å²) in [6.07, 6.45) is 2.76. The van der Waals surface area contributed by atoms with Crippen LogP contribution in [0.15, 0.2) is 116 Å². The van der Waals surface area contributed by atoms with Crippen LogP contribution in [0.4, 0.5) is 0 Å². The third-order valence-corrected chi connectivity index (χ3v) is 22.2. The van der Waals surface area contributed by atoms with Crippen molar-refractivity contribution in [3.8, 4) is 32.2 Å². The van der Waals surface area contributed by atoms with Crippen molar-refractivity contribution in [2.24, 2.45) is 11.8 Å². The van der Waals surface area contributed by atoms with Gasteiger partial charge in [-0.05, 0) is 118 Å². The summed E-state index contributed by atoms with van der Waals surface area (Å²) in [5, 5.41) is 39.5. The Hall–Kier alpha value is -8.59. The molecule has 102 heavy (non-hydrogen) atoms. The number of Topliss-reactive ketones (excluding diaryl/α,β-unsaturated/α-hetero) is 3. The number of ketones is 3. The first kappa shape index (κ1) is 76.1. The lowest BCUT2D eigenvalue weighted by molar-refractivity contribution is -0.140. The monoisotopic (exact) mass is 1440 g/mol. The second-order valence-electron chi connectivity index (χ2n) is 27.8. The SMILES string of the molecule is CC[C@@H](C(=O)N1C[C@H](O)C[C@H]1C(=O)C[C@@H](C)c1ccc(-c2ocnc2C)cc1)c1cc(C)no1.Cc1cc([C@H](C(=O)N2C[C@H](O)C[C@H]2C(=O)CCc2ccc(-c3scnc3C)cc2)C(C)C)no1.Cc1nsc([C@H](C(=O)N2C[C@H](O)C[C@H]2C(=O)CCc2ccc(-c3scnc3C)cc2)C(C)C)n1. The van der Waals surface area contributed by atoms with Gasteiger partial charge in [-0.1, -0.05) is 125 Å². The van der Waals surface area contributed by atoms with Crippen LogP contribution in [-0.2, 0) is 41.6 Å². The molecule has 0 aliphatic carbocycles. The van der Waals surface area contributed by atoms with Crippen molar-refractivity contribution < 1.29 is 57.6 Å². The molecule has 0 bridgehead atoms. The number of aliphatic hydroxyl groups is 3. The number of β-amino-alcohol motifs (C(OH)–C–C–N with tert-alkyl or cyclic N) is 3. The fourth-order valence-electron chi connectivity index (χ4n) is 13.9. The summed E-state index contributed by atoms with van der Waals surface area (Å²) in [5.41, 5.74) is 14.1. The Morgan fingerprint density at radius 1 is 0.569 bits per heavy atom. The molecular weight excluding hydrogens is 1350 g/mol. The van der Waals surface area contributed by atoms with Gasteiger partial charge < -0.3 is 43.5 Å². The fraction of sp³-hybridized carbons (Fsp3) is 0.468. The van der Waals surface area contributed by atoms with E-state index in [1.165, 1.54) is 22.8 Å². The van der Waals surface area contributed by atoms with Gasteiger partial charge in [0.15, 0.2) is 29.5 Å². The number of thiazole rings is 2.